The number of carbonyl (C=O) groups excluding carboxylic acids is 1. The highest BCUT2D eigenvalue weighted by molar-refractivity contribution is 6.31. The minimum Gasteiger partial charge on any atom is -0.319 e. The third kappa shape index (κ3) is 3.86. The SMILES string of the molecule is O=C(c1cnccn1)N(Cc1cc(=O)[nH]c2c(F)cccc12)c1cccc(Cl)c1. The number of hydrogen-bond donors (Lipinski definition) is 1. The molecule has 0 saturated heterocycles. The fourth-order valence-electron chi connectivity index (χ4n) is 3.09. The van der Waals surface area contributed by atoms with Gasteiger partial charge in [-0.2, -0.15) is 0 Å². The van der Waals surface area contributed by atoms with E-state index in [-0.39, 0.29) is 17.8 Å². The fourth-order valence-corrected chi connectivity index (χ4v) is 3.27. The molecule has 1 N–H and O–H groups in total. The zero-order chi connectivity index (χ0) is 20.4. The summed E-state index contributed by atoms with van der Waals surface area (Å²) in [6.07, 6.45) is 4.24. The van der Waals surface area contributed by atoms with Crippen molar-refractivity contribution in [1.82, 2.24) is 15.0 Å². The van der Waals surface area contributed by atoms with E-state index in [9.17, 15) is 14.0 Å². The molecule has 0 radical (unpaired) electrons. The molecule has 4 aromatic rings. The Morgan fingerprint density at radius 1 is 1.14 bits per heavy atom. The molecule has 2 aromatic heterocycles. The normalized spacial score (nSPS) is 10.8. The van der Waals surface area contributed by atoms with Crippen molar-refractivity contribution in [2.45, 2.75) is 6.54 Å². The Bertz CT molecular complexity index is 1260. The minimum absolute atomic E-state index is 0.0135. The molecule has 0 spiro atoms. The number of anilines is 1. The summed E-state index contributed by atoms with van der Waals surface area (Å²) in [4.78, 5) is 37.2. The van der Waals surface area contributed by atoms with Crippen molar-refractivity contribution in [2.75, 3.05) is 4.90 Å². The number of pyridine rings is 1. The van der Waals surface area contributed by atoms with Gasteiger partial charge in [0.05, 0.1) is 18.3 Å². The number of carbonyl (C=O) groups is 1. The number of halogens is 2. The molecule has 144 valence electrons. The van der Waals surface area contributed by atoms with Crippen molar-refractivity contribution < 1.29 is 9.18 Å². The molecule has 0 aliphatic carbocycles. The fraction of sp³-hybridized carbons (Fsp3) is 0.0476. The molecule has 0 unspecified atom stereocenters. The molecule has 29 heavy (non-hydrogen) atoms. The van der Waals surface area contributed by atoms with Crippen LogP contribution in [0.2, 0.25) is 5.02 Å². The molecule has 0 bridgehead atoms. The van der Waals surface area contributed by atoms with Gasteiger partial charge in [0.25, 0.3) is 5.91 Å². The maximum Gasteiger partial charge on any atom is 0.278 e. The highest BCUT2D eigenvalue weighted by Crippen LogP contribution is 2.25. The van der Waals surface area contributed by atoms with E-state index in [1.54, 1.807) is 36.4 Å². The maximum atomic E-state index is 14.2. The van der Waals surface area contributed by atoms with E-state index in [1.807, 2.05) is 0 Å². The molecule has 1 amide bonds. The van der Waals surface area contributed by atoms with E-state index in [2.05, 4.69) is 15.0 Å². The first-order valence-electron chi connectivity index (χ1n) is 8.67. The lowest BCUT2D eigenvalue weighted by molar-refractivity contribution is 0.0980. The Morgan fingerprint density at radius 2 is 1.97 bits per heavy atom. The second kappa shape index (κ2) is 7.81. The Morgan fingerprint density at radius 3 is 2.72 bits per heavy atom. The summed E-state index contributed by atoms with van der Waals surface area (Å²) in [7, 11) is 0. The van der Waals surface area contributed by atoms with Crippen molar-refractivity contribution in [2.24, 2.45) is 0 Å². The third-order valence-electron chi connectivity index (χ3n) is 4.39. The number of fused-ring (bicyclic) bond motifs is 1. The first-order chi connectivity index (χ1) is 14.0. The summed E-state index contributed by atoms with van der Waals surface area (Å²) in [5.74, 6) is -0.971. The average molecular weight is 409 g/mol. The summed E-state index contributed by atoms with van der Waals surface area (Å²) in [6.45, 7) is 0.0135. The molecular weight excluding hydrogens is 395 g/mol. The maximum absolute atomic E-state index is 14.2. The average Bonchev–Trinajstić information content (AvgIpc) is 2.73. The van der Waals surface area contributed by atoms with Crippen LogP contribution in [-0.4, -0.2) is 20.9 Å². The standard InChI is InChI=1S/C21H14ClFN4O2/c22-14-3-1-4-15(10-14)27(21(29)18-11-24-7-8-25-18)12-13-9-19(28)26-20-16(13)5-2-6-17(20)23/h1-11H,12H2,(H,26,28). The summed E-state index contributed by atoms with van der Waals surface area (Å²) in [6, 6.07) is 12.6. The first kappa shape index (κ1) is 18.8. The third-order valence-corrected chi connectivity index (χ3v) is 4.62. The highest BCUT2D eigenvalue weighted by Gasteiger charge is 2.21. The topological polar surface area (TPSA) is 79.0 Å². The highest BCUT2D eigenvalue weighted by atomic mass is 35.5. The Kier molecular flexibility index (Phi) is 5.05. The number of aromatic amines is 1. The van der Waals surface area contributed by atoms with Crippen molar-refractivity contribution in [1.29, 1.82) is 0 Å². The molecule has 2 heterocycles. The van der Waals surface area contributed by atoms with Crippen LogP contribution in [-0.2, 0) is 6.54 Å². The zero-order valence-corrected chi connectivity index (χ0v) is 15.7. The molecule has 0 aliphatic heterocycles. The molecule has 0 fully saturated rings. The molecular formula is C21H14ClFN4O2. The van der Waals surface area contributed by atoms with Gasteiger partial charge in [-0.15, -0.1) is 0 Å². The molecule has 0 atom stereocenters. The summed E-state index contributed by atoms with van der Waals surface area (Å²) in [5.41, 5.74) is 0.759. The van der Waals surface area contributed by atoms with Crippen LogP contribution in [0.25, 0.3) is 10.9 Å². The molecule has 8 heteroatoms. The van der Waals surface area contributed by atoms with Gasteiger partial charge in [-0.25, -0.2) is 9.37 Å². The number of para-hydroxylation sites is 1. The predicted octanol–water partition coefficient (Wildman–Crippen LogP) is 3.96. The van der Waals surface area contributed by atoms with Crippen molar-refractivity contribution in [3.63, 3.8) is 0 Å². The van der Waals surface area contributed by atoms with Gasteiger partial charge in [-0.1, -0.05) is 29.8 Å². The first-order valence-corrected chi connectivity index (χ1v) is 9.04. The number of aromatic nitrogens is 3. The summed E-state index contributed by atoms with van der Waals surface area (Å²) < 4.78 is 14.2. The predicted molar refractivity (Wildman–Crippen MR) is 109 cm³/mol. The Balaban J connectivity index is 1.85. The number of hydrogen-bond acceptors (Lipinski definition) is 4. The number of amides is 1. The minimum atomic E-state index is -0.545. The van der Waals surface area contributed by atoms with Gasteiger partial charge in [-0.05, 0) is 29.8 Å². The van der Waals surface area contributed by atoms with Crippen LogP contribution < -0.4 is 10.5 Å². The van der Waals surface area contributed by atoms with Crippen molar-refractivity contribution in [3.05, 3.63) is 99.6 Å². The Hall–Kier alpha value is -3.58. The zero-order valence-electron chi connectivity index (χ0n) is 15.0. The van der Waals surface area contributed by atoms with Crippen LogP contribution in [0.5, 0.6) is 0 Å². The van der Waals surface area contributed by atoms with Gasteiger partial charge < -0.3 is 9.88 Å². The van der Waals surface area contributed by atoms with Crippen LogP contribution in [0.15, 0.2) is 71.9 Å². The number of rotatable bonds is 4. The summed E-state index contributed by atoms with van der Waals surface area (Å²) >= 11 is 6.11. The molecule has 0 aliphatic rings. The molecule has 6 nitrogen and oxygen atoms in total. The van der Waals surface area contributed by atoms with Gasteiger partial charge in [0.2, 0.25) is 5.56 Å². The summed E-state index contributed by atoms with van der Waals surface area (Å²) in [5, 5.41) is 0.949. The largest absolute Gasteiger partial charge is 0.319 e. The van der Waals surface area contributed by atoms with Crippen LogP contribution in [0, 0.1) is 5.82 Å². The van der Waals surface area contributed by atoms with Crippen LogP contribution in [0.3, 0.4) is 0 Å². The van der Waals surface area contributed by atoms with Crippen LogP contribution in [0.4, 0.5) is 10.1 Å². The van der Waals surface area contributed by atoms with Crippen LogP contribution in [0.1, 0.15) is 16.1 Å². The smallest absolute Gasteiger partial charge is 0.278 e. The monoisotopic (exact) mass is 408 g/mol. The van der Waals surface area contributed by atoms with Gasteiger partial charge in [0, 0.05) is 34.6 Å². The van der Waals surface area contributed by atoms with E-state index in [1.165, 1.54) is 35.6 Å². The second-order valence-electron chi connectivity index (χ2n) is 6.28. The van der Waals surface area contributed by atoms with Crippen molar-refractivity contribution >= 4 is 34.1 Å². The number of nitrogens with one attached hydrogen (secondary N) is 1. The lowest BCUT2D eigenvalue weighted by Crippen LogP contribution is -2.31. The quantitative estimate of drug-likeness (QED) is 0.554. The Labute approximate surface area is 169 Å². The molecule has 4 rings (SSSR count). The van der Waals surface area contributed by atoms with Gasteiger partial charge in [0.15, 0.2) is 0 Å². The number of nitrogens with zero attached hydrogens (tertiary/aromatic N) is 3. The van der Waals surface area contributed by atoms with Crippen LogP contribution >= 0.6 is 11.6 Å². The van der Waals surface area contributed by atoms with Gasteiger partial charge >= 0.3 is 0 Å². The van der Waals surface area contributed by atoms with Crippen molar-refractivity contribution in [3.8, 4) is 0 Å². The second-order valence-corrected chi connectivity index (χ2v) is 6.72. The van der Waals surface area contributed by atoms with Gasteiger partial charge in [0.1, 0.15) is 11.5 Å². The number of benzene rings is 2. The van der Waals surface area contributed by atoms with E-state index >= 15 is 0 Å². The van der Waals surface area contributed by atoms with E-state index in [0.29, 0.717) is 21.7 Å². The molecule has 2 aromatic carbocycles. The lowest BCUT2D eigenvalue weighted by Gasteiger charge is -2.23. The molecule has 0 saturated carbocycles. The van der Waals surface area contributed by atoms with E-state index in [4.69, 9.17) is 11.6 Å². The van der Waals surface area contributed by atoms with E-state index < -0.39 is 17.3 Å². The van der Waals surface area contributed by atoms with E-state index in [0.717, 1.165) is 0 Å². The number of H-pyrrole nitrogens is 1. The van der Waals surface area contributed by atoms with Gasteiger partial charge in [-0.3, -0.25) is 14.6 Å². The lowest BCUT2D eigenvalue weighted by atomic mass is 10.1.